The summed E-state index contributed by atoms with van der Waals surface area (Å²) in [6, 6.07) is 10.2. The van der Waals surface area contributed by atoms with Gasteiger partial charge in [-0.3, -0.25) is 4.79 Å². The normalized spacial score (nSPS) is 15.6. The summed E-state index contributed by atoms with van der Waals surface area (Å²) in [5, 5.41) is 2.96. The van der Waals surface area contributed by atoms with Gasteiger partial charge in [0.25, 0.3) is 5.91 Å². The smallest absolute Gasteiger partial charge is 0.252 e. The molecule has 0 radical (unpaired) electrons. The number of benzene rings is 2. The summed E-state index contributed by atoms with van der Waals surface area (Å²) in [4.78, 5) is 12.7. The Balaban J connectivity index is 1.63. The lowest BCUT2D eigenvalue weighted by Crippen LogP contribution is -2.38. The average molecular weight is 465 g/mol. The molecule has 1 heterocycles. The van der Waals surface area contributed by atoms with Crippen molar-refractivity contribution in [1.29, 1.82) is 0 Å². The van der Waals surface area contributed by atoms with Gasteiger partial charge in [0.15, 0.2) is 0 Å². The Morgan fingerprint density at radius 3 is 2.55 bits per heavy atom. The molecule has 1 saturated heterocycles. The molecule has 6 nitrogen and oxygen atoms in total. The highest BCUT2D eigenvalue weighted by Crippen LogP contribution is 2.26. The van der Waals surface area contributed by atoms with Crippen LogP contribution in [0.25, 0.3) is 0 Å². The molecule has 2 aromatic rings. The maximum Gasteiger partial charge on any atom is 0.252 e. The standard InChI is InChI=1S/C23H29ClN2O4S/c1-16-8-11-26(12-9-16)31(28,29)19-5-6-21(24)20(15-19)23(27)25-10-13-30-22-7-4-17(2)14-18(22)3/h4-7,14-16H,8-13H2,1-3H3,(H,25,27). The highest BCUT2D eigenvalue weighted by atomic mass is 35.5. The minimum atomic E-state index is -3.66. The first kappa shape index (κ1) is 23.6. The number of nitrogens with zero attached hydrogens (tertiary/aromatic N) is 1. The molecule has 0 unspecified atom stereocenters. The number of nitrogens with one attached hydrogen (secondary N) is 1. The van der Waals surface area contributed by atoms with E-state index in [1.54, 1.807) is 0 Å². The van der Waals surface area contributed by atoms with Gasteiger partial charge in [0.2, 0.25) is 10.0 Å². The van der Waals surface area contributed by atoms with Crippen molar-refractivity contribution in [2.24, 2.45) is 5.92 Å². The van der Waals surface area contributed by atoms with E-state index in [4.69, 9.17) is 16.3 Å². The SMILES string of the molecule is Cc1ccc(OCCNC(=O)c2cc(S(=O)(=O)N3CCC(C)CC3)ccc2Cl)c(C)c1. The van der Waals surface area contributed by atoms with Gasteiger partial charge >= 0.3 is 0 Å². The van der Waals surface area contributed by atoms with Crippen molar-refractivity contribution in [1.82, 2.24) is 9.62 Å². The van der Waals surface area contributed by atoms with E-state index in [2.05, 4.69) is 12.2 Å². The topological polar surface area (TPSA) is 75.7 Å². The van der Waals surface area contributed by atoms with Crippen LogP contribution in [0, 0.1) is 19.8 Å². The summed E-state index contributed by atoms with van der Waals surface area (Å²) < 4.78 is 33.2. The Morgan fingerprint density at radius 1 is 1.16 bits per heavy atom. The summed E-state index contributed by atoms with van der Waals surface area (Å²) in [5.74, 6) is 0.851. The monoisotopic (exact) mass is 464 g/mol. The lowest BCUT2D eigenvalue weighted by molar-refractivity contribution is 0.0947. The van der Waals surface area contributed by atoms with Crippen LogP contribution in [-0.4, -0.2) is 44.9 Å². The van der Waals surface area contributed by atoms with Crippen molar-refractivity contribution < 1.29 is 17.9 Å². The van der Waals surface area contributed by atoms with E-state index < -0.39 is 15.9 Å². The Bertz CT molecular complexity index is 1050. The van der Waals surface area contributed by atoms with Crippen LogP contribution >= 0.6 is 11.6 Å². The number of piperidine rings is 1. The van der Waals surface area contributed by atoms with Gasteiger partial charge in [-0.05, 0) is 62.4 Å². The van der Waals surface area contributed by atoms with Gasteiger partial charge in [0, 0.05) is 13.1 Å². The van der Waals surface area contributed by atoms with E-state index in [1.807, 2.05) is 32.0 Å². The maximum atomic E-state index is 13.0. The first-order valence-electron chi connectivity index (χ1n) is 10.5. The van der Waals surface area contributed by atoms with Gasteiger partial charge in [-0.1, -0.05) is 36.2 Å². The quantitative estimate of drug-likeness (QED) is 0.623. The predicted molar refractivity (Wildman–Crippen MR) is 122 cm³/mol. The van der Waals surface area contributed by atoms with Crippen LogP contribution in [0.5, 0.6) is 5.75 Å². The van der Waals surface area contributed by atoms with Gasteiger partial charge in [-0.25, -0.2) is 8.42 Å². The average Bonchev–Trinajstić information content (AvgIpc) is 2.72. The van der Waals surface area contributed by atoms with Crippen molar-refractivity contribution in [2.75, 3.05) is 26.2 Å². The molecule has 1 aliphatic heterocycles. The van der Waals surface area contributed by atoms with Crippen molar-refractivity contribution in [3.8, 4) is 5.75 Å². The molecular weight excluding hydrogens is 436 g/mol. The van der Waals surface area contributed by atoms with Crippen LogP contribution in [0.1, 0.15) is 41.3 Å². The molecule has 8 heteroatoms. The molecule has 1 amide bonds. The lowest BCUT2D eigenvalue weighted by Gasteiger charge is -2.29. The molecular formula is C23H29ClN2O4S. The van der Waals surface area contributed by atoms with E-state index in [9.17, 15) is 13.2 Å². The highest BCUT2D eigenvalue weighted by molar-refractivity contribution is 7.89. The number of hydrogen-bond acceptors (Lipinski definition) is 4. The van der Waals surface area contributed by atoms with E-state index in [0.29, 0.717) is 19.0 Å². The molecule has 0 atom stereocenters. The van der Waals surface area contributed by atoms with Crippen LogP contribution in [-0.2, 0) is 10.0 Å². The van der Waals surface area contributed by atoms with Crippen LogP contribution in [0.3, 0.4) is 0 Å². The number of halogens is 1. The first-order valence-corrected chi connectivity index (χ1v) is 12.3. The largest absolute Gasteiger partial charge is 0.491 e. The second-order valence-corrected chi connectivity index (χ2v) is 10.4. The number of ether oxygens (including phenoxy) is 1. The third-order valence-electron chi connectivity index (χ3n) is 5.54. The zero-order valence-corrected chi connectivity index (χ0v) is 19.7. The van der Waals surface area contributed by atoms with Crippen LogP contribution in [0.2, 0.25) is 5.02 Å². The fourth-order valence-corrected chi connectivity index (χ4v) is 5.30. The molecule has 0 saturated carbocycles. The first-order chi connectivity index (χ1) is 14.7. The zero-order valence-electron chi connectivity index (χ0n) is 18.2. The molecule has 1 aliphatic rings. The number of amides is 1. The fourth-order valence-electron chi connectivity index (χ4n) is 3.60. The zero-order chi connectivity index (χ0) is 22.6. The number of carbonyl (C=O) groups excluding carboxylic acids is 1. The summed E-state index contributed by atoms with van der Waals surface area (Å²) in [6.07, 6.45) is 1.67. The van der Waals surface area contributed by atoms with Crippen molar-refractivity contribution in [3.05, 3.63) is 58.1 Å². The van der Waals surface area contributed by atoms with Gasteiger partial charge in [-0.15, -0.1) is 0 Å². The summed E-state index contributed by atoms with van der Waals surface area (Å²) in [7, 11) is -3.66. The minimum absolute atomic E-state index is 0.0862. The second-order valence-electron chi connectivity index (χ2n) is 8.10. The molecule has 31 heavy (non-hydrogen) atoms. The Kier molecular flexibility index (Phi) is 7.62. The molecule has 1 fully saturated rings. The molecule has 0 aromatic heterocycles. The fraction of sp³-hybridized carbons (Fsp3) is 0.435. The second kappa shape index (κ2) is 10.0. The van der Waals surface area contributed by atoms with Crippen LogP contribution < -0.4 is 10.1 Å². The predicted octanol–water partition coefficient (Wildman–Crippen LogP) is 4.19. The van der Waals surface area contributed by atoms with E-state index in [-0.39, 0.29) is 28.6 Å². The molecule has 1 N–H and O–H groups in total. The minimum Gasteiger partial charge on any atom is -0.491 e. The maximum absolute atomic E-state index is 13.0. The van der Waals surface area contributed by atoms with Crippen molar-refractivity contribution in [3.63, 3.8) is 0 Å². The molecule has 2 aromatic carbocycles. The molecule has 0 aliphatic carbocycles. The number of rotatable bonds is 7. The summed E-state index contributed by atoms with van der Waals surface area (Å²) in [6.45, 7) is 7.64. The number of hydrogen-bond donors (Lipinski definition) is 1. The van der Waals surface area contributed by atoms with Gasteiger partial charge in [0.05, 0.1) is 22.0 Å². The third-order valence-corrected chi connectivity index (χ3v) is 7.76. The molecule has 168 valence electrons. The Hall–Kier alpha value is -2.09. The van der Waals surface area contributed by atoms with E-state index >= 15 is 0 Å². The molecule has 0 spiro atoms. The van der Waals surface area contributed by atoms with Gasteiger partial charge in [0.1, 0.15) is 12.4 Å². The van der Waals surface area contributed by atoms with Crippen molar-refractivity contribution in [2.45, 2.75) is 38.5 Å². The summed E-state index contributed by atoms with van der Waals surface area (Å²) >= 11 is 6.19. The van der Waals surface area contributed by atoms with Gasteiger partial charge < -0.3 is 10.1 Å². The lowest BCUT2D eigenvalue weighted by atomic mass is 10.0. The molecule has 0 bridgehead atoms. The van der Waals surface area contributed by atoms with Crippen LogP contribution in [0.4, 0.5) is 0 Å². The third kappa shape index (κ3) is 5.79. The van der Waals surface area contributed by atoms with Gasteiger partial charge in [-0.2, -0.15) is 4.31 Å². The Labute approximate surface area is 189 Å². The number of aryl methyl sites for hydroxylation is 2. The van der Waals surface area contributed by atoms with Crippen LogP contribution in [0.15, 0.2) is 41.3 Å². The van der Waals surface area contributed by atoms with E-state index in [1.165, 1.54) is 22.5 Å². The Morgan fingerprint density at radius 2 is 1.87 bits per heavy atom. The van der Waals surface area contributed by atoms with E-state index in [0.717, 1.165) is 29.7 Å². The number of carbonyl (C=O) groups is 1. The van der Waals surface area contributed by atoms with Crippen molar-refractivity contribution >= 4 is 27.5 Å². The molecule has 3 rings (SSSR count). The summed E-state index contributed by atoms with van der Waals surface area (Å²) in [5.41, 5.74) is 2.32. The number of sulfonamides is 1. The highest BCUT2D eigenvalue weighted by Gasteiger charge is 2.29.